The number of phenolic OH excluding ortho intramolecular Hbond substituents is 1. The van der Waals surface area contributed by atoms with Crippen LogP contribution < -0.4 is 11.1 Å². The number of hydrogen-bond acceptors (Lipinski definition) is 3. The molecule has 98 valence electrons. The van der Waals surface area contributed by atoms with Crippen molar-refractivity contribution >= 4 is 5.91 Å². The van der Waals surface area contributed by atoms with Crippen LogP contribution in [-0.2, 0) is 11.2 Å². The van der Waals surface area contributed by atoms with Crippen LogP contribution in [0.2, 0.25) is 0 Å². The van der Waals surface area contributed by atoms with Gasteiger partial charge in [0.05, 0.1) is 6.04 Å². The summed E-state index contributed by atoms with van der Waals surface area (Å²) in [5.74, 6) is 0.0359. The fourth-order valence-corrected chi connectivity index (χ4v) is 1.64. The topological polar surface area (TPSA) is 75.4 Å². The zero-order valence-electron chi connectivity index (χ0n) is 10.6. The molecule has 0 radical (unpaired) electrons. The smallest absolute Gasteiger partial charge is 0.237 e. The molecule has 1 rings (SSSR count). The zero-order chi connectivity index (χ0) is 13.5. The molecule has 0 aliphatic carbocycles. The Morgan fingerprint density at radius 1 is 1.50 bits per heavy atom. The summed E-state index contributed by atoms with van der Waals surface area (Å²) in [5.41, 5.74) is 6.75. The molecule has 0 heterocycles. The van der Waals surface area contributed by atoms with Crippen molar-refractivity contribution in [2.24, 2.45) is 5.73 Å². The molecule has 2 atom stereocenters. The fourth-order valence-electron chi connectivity index (χ4n) is 1.64. The van der Waals surface area contributed by atoms with Gasteiger partial charge in [-0.15, -0.1) is 6.58 Å². The van der Waals surface area contributed by atoms with Crippen LogP contribution in [0.4, 0.5) is 0 Å². The van der Waals surface area contributed by atoms with Crippen molar-refractivity contribution in [1.82, 2.24) is 5.32 Å². The number of hydrogen-bond donors (Lipinski definition) is 3. The number of carbonyl (C=O) groups is 1. The molecule has 0 aliphatic heterocycles. The van der Waals surface area contributed by atoms with Gasteiger partial charge in [0.1, 0.15) is 5.75 Å². The van der Waals surface area contributed by atoms with Crippen LogP contribution in [0.1, 0.15) is 18.9 Å². The van der Waals surface area contributed by atoms with Crippen LogP contribution in [0.5, 0.6) is 5.75 Å². The average Bonchev–Trinajstić information content (AvgIpc) is 2.32. The lowest BCUT2D eigenvalue weighted by molar-refractivity contribution is -0.122. The predicted molar refractivity (Wildman–Crippen MR) is 72.2 cm³/mol. The number of rotatable bonds is 6. The second-order valence-corrected chi connectivity index (χ2v) is 4.41. The second kappa shape index (κ2) is 6.81. The molecule has 1 aromatic carbocycles. The first kappa shape index (κ1) is 14.3. The van der Waals surface area contributed by atoms with Gasteiger partial charge in [0.15, 0.2) is 0 Å². The van der Waals surface area contributed by atoms with Gasteiger partial charge >= 0.3 is 0 Å². The van der Waals surface area contributed by atoms with Gasteiger partial charge in [0, 0.05) is 6.04 Å². The number of nitrogens with one attached hydrogen (secondary N) is 1. The van der Waals surface area contributed by atoms with Crippen LogP contribution >= 0.6 is 0 Å². The molecular formula is C14H20N2O2. The Hall–Kier alpha value is -1.81. The largest absolute Gasteiger partial charge is 0.508 e. The number of nitrogens with two attached hydrogens (primary N) is 1. The average molecular weight is 248 g/mol. The lowest BCUT2D eigenvalue weighted by Gasteiger charge is -2.16. The van der Waals surface area contributed by atoms with Crippen LogP contribution in [0.15, 0.2) is 36.9 Å². The summed E-state index contributed by atoms with van der Waals surface area (Å²) in [4.78, 5) is 11.8. The van der Waals surface area contributed by atoms with Crippen molar-refractivity contribution in [2.75, 3.05) is 0 Å². The van der Waals surface area contributed by atoms with Crippen LogP contribution in [0, 0.1) is 0 Å². The molecule has 0 fully saturated rings. The quantitative estimate of drug-likeness (QED) is 0.665. The Morgan fingerprint density at radius 2 is 2.11 bits per heavy atom. The highest BCUT2D eigenvalue weighted by molar-refractivity contribution is 5.82. The molecule has 0 saturated heterocycles. The Bertz CT molecular complexity index is 401. The first-order chi connectivity index (χ1) is 8.52. The Morgan fingerprint density at radius 3 is 2.67 bits per heavy atom. The van der Waals surface area contributed by atoms with E-state index in [1.165, 1.54) is 0 Å². The minimum Gasteiger partial charge on any atom is -0.508 e. The minimum atomic E-state index is -0.582. The standard InChI is InChI=1S/C14H20N2O2/c1-3-4-10(2)16-14(18)13(15)9-11-5-7-12(17)8-6-11/h3,5-8,10,13,17H,1,4,9,15H2,2H3,(H,16,18)/t10?,13-/m0/s1. The Labute approximate surface area is 108 Å². The molecule has 0 spiro atoms. The molecule has 0 bridgehead atoms. The van der Waals surface area contributed by atoms with E-state index in [9.17, 15) is 4.79 Å². The lowest BCUT2D eigenvalue weighted by atomic mass is 10.1. The predicted octanol–water partition coefficient (Wildman–Crippen LogP) is 1.34. The monoisotopic (exact) mass is 248 g/mol. The van der Waals surface area contributed by atoms with E-state index >= 15 is 0 Å². The van der Waals surface area contributed by atoms with Gasteiger partial charge in [0.25, 0.3) is 0 Å². The van der Waals surface area contributed by atoms with E-state index in [4.69, 9.17) is 10.8 Å². The molecule has 4 nitrogen and oxygen atoms in total. The van der Waals surface area contributed by atoms with Gasteiger partial charge in [0.2, 0.25) is 5.91 Å². The van der Waals surface area contributed by atoms with Gasteiger partial charge in [-0.2, -0.15) is 0 Å². The normalized spacial score (nSPS) is 13.7. The van der Waals surface area contributed by atoms with Crippen LogP contribution in [0.3, 0.4) is 0 Å². The minimum absolute atomic E-state index is 0.0425. The summed E-state index contributed by atoms with van der Waals surface area (Å²) in [6.45, 7) is 5.53. The summed E-state index contributed by atoms with van der Waals surface area (Å²) in [6.07, 6.45) is 2.93. The van der Waals surface area contributed by atoms with Gasteiger partial charge in [-0.1, -0.05) is 18.2 Å². The third-order valence-electron chi connectivity index (χ3n) is 2.64. The van der Waals surface area contributed by atoms with E-state index in [1.807, 2.05) is 6.92 Å². The van der Waals surface area contributed by atoms with Crippen molar-refractivity contribution in [2.45, 2.75) is 31.8 Å². The summed E-state index contributed by atoms with van der Waals surface area (Å²) < 4.78 is 0. The third kappa shape index (κ3) is 4.59. The summed E-state index contributed by atoms with van der Waals surface area (Å²) >= 11 is 0. The van der Waals surface area contributed by atoms with Crippen molar-refractivity contribution in [3.63, 3.8) is 0 Å². The summed E-state index contributed by atoms with van der Waals surface area (Å²) in [7, 11) is 0. The summed E-state index contributed by atoms with van der Waals surface area (Å²) in [6, 6.07) is 6.15. The summed E-state index contributed by atoms with van der Waals surface area (Å²) in [5, 5.41) is 12.0. The van der Waals surface area contributed by atoms with Gasteiger partial charge < -0.3 is 16.2 Å². The lowest BCUT2D eigenvalue weighted by Crippen LogP contribution is -2.45. The third-order valence-corrected chi connectivity index (χ3v) is 2.64. The maximum Gasteiger partial charge on any atom is 0.237 e. The number of amides is 1. The van der Waals surface area contributed by atoms with Gasteiger partial charge in [-0.05, 0) is 37.5 Å². The van der Waals surface area contributed by atoms with E-state index in [0.29, 0.717) is 6.42 Å². The maximum atomic E-state index is 11.8. The van der Waals surface area contributed by atoms with Gasteiger partial charge in [-0.3, -0.25) is 4.79 Å². The Kier molecular flexibility index (Phi) is 5.39. The van der Waals surface area contributed by atoms with Crippen molar-refractivity contribution in [3.8, 4) is 5.75 Å². The SMILES string of the molecule is C=CCC(C)NC(=O)[C@@H](N)Cc1ccc(O)cc1. The molecular weight excluding hydrogens is 228 g/mol. The van der Waals surface area contributed by atoms with Gasteiger partial charge in [-0.25, -0.2) is 0 Å². The zero-order valence-corrected chi connectivity index (χ0v) is 10.6. The highest BCUT2D eigenvalue weighted by Gasteiger charge is 2.15. The van der Waals surface area contributed by atoms with Crippen molar-refractivity contribution < 1.29 is 9.90 Å². The van der Waals surface area contributed by atoms with E-state index < -0.39 is 6.04 Å². The second-order valence-electron chi connectivity index (χ2n) is 4.41. The Balaban J connectivity index is 2.49. The first-order valence-corrected chi connectivity index (χ1v) is 5.97. The molecule has 0 saturated carbocycles. The molecule has 1 unspecified atom stereocenters. The van der Waals surface area contributed by atoms with E-state index in [2.05, 4.69) is 11.9 Å². The molecule has 0 aromatic heterocycles. The molecule has 0 aliphatic rings. The number of phenols is 1. The first-order valence-electron chi connectivity index (χ1n) is 5.97. The number of aromatic hydroxyl groups is 1. The number of benzene rings is 1. The van der Waals surface area contributed by atoms with Crippen LogP contribution in [0.25, 0.3) is 0 Å². The number of carbonyl (C=O) groups excluding carboxylic acids is 1. The molecule has 4 N–H and O–H groups in total. The van der Waals surface area contributed by atoms with Crippen LogP contribution in [-0.4, -0.2) is 23.1 Å². The fraction of sp³-hybridized carbons (Fsp3) is 0.357. The molecule has 4 heteroatoms. The molecule has 1 amide bonds. The molecule has 1 aromatic rings. The van der Waals surface area contributed by atoms with E-state index in [0.717, 1.165) is 12.0 Å². The van der Waals surface area contributed by atoms with E-state index in [1.54, 1.807) is 30.3 Å². The van der Waals surface area contributed by atoms with E-state index in [-0.39, 0.29) is 17.7 Å². The molecule has 18 heavy (non-hydrogen) atoms. The highest BCUT2D eigenvalue weighted by Crippen LogP contribution is 2.10. The highest BCUT2D eigenvalue weighted by atomic mass is 16.3. The maximum absolute atomic E-state index is 11.8. The van der Waals surface area contributed by atoms with Crippen molar-refractivity contribution in [1.29, 1.82) is 0 Å². The van der Waals surface area contributed by atoms with Crippen molar-refractivity contribution in [3.05, 3.63) is 42.5 Å².